The van der Waals surface area contributed by atoms with Crippen molar-refractivity contribution in [3.63, 3.8) is 0 Å². The highest BCUT2D eigenvalue weighted by atomic mass is 16.5. The van der Waals surface area contributed by atoms with Crippen LogP contribution in [0.2, 0.25) is 0 Å². The fraction of sp³-hybridized carbons (Fsp3) is 0.267. The molecule has 0 unspecified atom stereocenters. The molecule has 2 aromatic carbocycles. The van der Waals surface area contributed by atoms with Crippen LogP contribution in [-0.4, -0.2) is 5.16 Å². The van der Waals surface area contributed by atoms with Crippen molar-refractivity contribution in [2.45, 2.75) is 27.7 Å². The fourth-order valence-corrected chi connectivity index (χ4v) is 2.06. The second kappa shape index (κ2) is 4.58. The molecule has 88 valence electrons. The molecule has 0 radical (unpaired) electrons. The molecule has 1 aromatic heterocycles. The normalized spacial score (nSPS) is 10.4. The smallest absolute Gasteiger partial charge is 0.170 e. The first kappa shape index (κ1) is 11.6. The molecule has 0 fully saturated rings. The van der Waals surface area contributed by atoms with Crippen molar-refractivity contribution in [3.8, 4) is 0 Å². The summed E-state index contributed by atoms with van der Waals surface area (Å²) in [6.45, 7) is 8.05. The Morgan fingerprint density at radius 2 is 1.71 bits per heavy atom. The van der Waals surface area contributed by atoms with E-state index in [-0.39, 0.29) is 0 Å². The van der Waals surface area contributed by atoms with Crippen LogP contribution in [0, 0.1) is 13.8 Å². The van der Waals surface area contributed by atoms with Crippen LogP contribution in [0.4, 0.5) is 0 Å². The fourth-order valence-electron chi connectivity index (χ4n) is 2.06. The molecule has 0 N–H and O–H groups in total. The van der Waals surface area contributed by atoms with E-state index < -0.39 is 0 Å². The summed E-state index contributed by atoms with van der Waals surface area (Å²) in [6, 6.07) is 10.5. The summed E-state index contributed by atoms with van der Waals surface area (Å²) in [5.74, 6) is 0. The topological polar surface area (TPSA) is 26.0 Å². The maximum atomic E-state index is 5.34. The standard InChI is InChI=1S/C13H11NO.C2H6/c1-8-11-6-4-3-5-10(11)7-12-9(2)14-15-13(8)12;1-2/h3-7H,1-2H3;1-2H3. The zero-order valence-electron chi connectivity index (χ0n) is 10.7. The predicted octanol–water partition coefficient (Wildman–Crippen LogP) is 4.62. The molecule has 0 saturated carbocycles. The van der Waals surface area contributed by atoms with Gasteiger partial charge in [-0.05, 0) is 30.7 Å². The highest BCUT2D eigenvalue weighted by Crippen LogP contribution is 2.29. The van der Waals surface area contributed by atoms with Gasteiger partial charge in [0.15, 0.2) is 5.58 Å². The van der Waals surface area contributed by atoms with Gasteiger partial charge in [0.1, 0.15) is 0 Å². The Labute approximate surface area is 101 Å². The third-order valence-electron chi connectivity index (χ3n) is 2.91. The van der Waals surface area contributed by atoms with Gasteiger partial charge in [-0.25, -0.2) is 0 Å². The highest BCUT2D eigenvalue weighted by molar-refractivity contribution is 6.00. The van der Waals surface area contributed by atoms with Gasteiger partial charge in [-0.2, -0.15) is 0 Å². The summed E-state index contributed by atoms with van der Waals surface area (Å²) in [5.41, 5.74) is 3.04. The van der Waals surface area contributed by atoms with Crippen LogP contribution in [0.1, 0.15) is 25.1 Å². The molecule has 0 aliphatic heterocycles. The van der Waals surface area contributed by atoms with E-state index in [1.165, 1.54) is 16.3 Å². The lowest BCUT2D eigenvalue weighted by atomic mass is 10.0. The van der Waals surface area contributed by atoms with Crippen molar-refractivity contribution in [3.05, 3.63) is 41.6 Å². The monoisotopic (exact) mass is 227 g/mol. The van der Waals surface area contributed by atoms with E-state index in [2.05, 4.69) is 36.3 Å². The van der Waals surface area contributed by atoms with Gasteiger partial charge >= 0.3 is 0 Å². The van der Waals surface area contributed by atoms with Gasteiger partial charge in [0.05, 0.1) is 5.69 Å². The lowest BCUT2D eigenvalue weighted by Gasteiger charge is -2.01. The third-order valence-corrected chi connectivity index (χ3v) is 2.91. The third kappa shape index (κ3) is 1.80. The summed E-state index contributed by atoms with van der Waals surface area (Å²) in [7, 11) is 0. The zero-order chi connectivity index (χ0) is 12.4. The molecule has 1 heterocycles. The number of hydrogen-bond acceptors (Lipinski definition) is 2. The highest BCUT2D eigenvalue weighted by Gasteiger charge is 2.09. The lowest BCUT2D eigenvalue weighted by molar-refractivity contribution is 0.449. The van der Waals surface area contributed by atoms with Crippen molar-refractivity contribution >= 4 is 21.7 Å². The molecule has 0 atom stereocenters. The summed E-state index contributed by atoms with van der Waals surface area (Å²) < 4.78 is 5.34. The first-order valence-corrected chi connectivity index (χ1v) is 6.02. The second-order valence-electron chi connectivity index (χ2n) is 3.87. The summed E-state index contributed by atoms with van der Waals surface area (Å²) in [4.78, 5) is 0. The average Bonchev–Trinajstić information content (AvgIpc) is 2.75. The van der Waals surface area contributed by atoms with Crippen LogP contribution in [-0.2, 0) is 0 Å². The Morgan fingerprint density at radius 1 is 1.00 bits per heavy atom. The van der Waals surface area contributed by atoms with Crippen LogP contribution in [0.3, 0.4) is 0 Å². The van der Waals surface area contributed by atoms with E-state index in [4.69, 9.17) is 4.52 Å². The molecule has 0 spiro atoms. The van der Waals surface area contributed by atoms with E-state index in [0.29, 0.717) is 0 Å². The maximum Gasteiger partial charge on any atom is 0.170 e. The number of fused-ring (bicyclic) bond motifs is 2. The second-order valence-corrected chi connectivity index (χ2v) is 3.87. The lowest BCUT2D eigenvalue weighted by Crippen LogP contribution is -1.80. The Hall–Kier alpha value is -1.83. The average molecular weight is 227 g/mol. The van der Waals surface area contributed by atoms with Crippen LogP contribution in [0.5, 0.6) is 0 Å². The van der Waals surface area contributed by atoms with Crippen molar-refractivity contribution in [2.75, 3.05) is 0 Å². The van der Waals surface area contributed by atoms with E-state index in [1.807, 2.05) is 26.8 Å². The van der Waals surface area contributed by atoms with Gasteiger partial charge in [0.2, 0.25) is 0 Å². The minimum Gasteiger partial charge on any atom is -0.356 e. The largest absolute Gasteiger partial charge is 0.356 e. The molecule has 17 heavy (non-hydrogen) atoms. The van der Waals surface area contributed by atoms with Gasteiger partial charge in [-0.15, -0.1) is 0 Å². The number of rotatable bonds is 0. The van der Waals surface area contributed by atoms with Crippen molar-refractivity contribution < 1.29 is 4.52 Å². The number of benzene rings is 2. The van der Waals surface area contributed by atoms with E-state index >= 15 is 0 Å². The van der Waals surface area contributed by atoms with Crippen molar-refractivity contribution in [2.24, 2.45) is 0 Å². The van der Waals surface area contributed by atoms with E-state index in [9.17, 15) is 0 Å². The Balaban J connectivity index is 0.000000514. The van der Waals surface area contributed by atoms with E-state index in [0.717, 1.165) is 16.7 Å². The van der Waals surface area contributed by atoms with Gasteiger partial charge in [0.25, 0.3) is 0 Å². The number of hydrogen-bond donors (Lipinski definition) is 0. The zero-order valence-corrected chi connectivity index (χ0v) is 10.7. The first-order chi connectivity index (χ1) is 8.27. The molecule has 3 rings (SSSR count). The summed E-state index contributed by atoms with van der Waals surface area (Å²) in [5, 5.41) is 7.60. The van der Waals surface area contributed by atoms with Crippen LogP contribution < -0.4 is 0 Å². The van der Waals surface area contributed by atoms with Crippen LogP contribution in [0.25, 0.3) is 21.7 Å². The van der Waals surface area contributed by atoms with Crippen molar-refractivity contribution in [1.29, 1.82) is 0 Å². The van der Waals surface area contributed by atoms with Crippen molar-refractivity contribution in [1.82, 2.24) is 5.16 Å². The Bertz CT molecular complexity index is 652. The SMILES string of the molecule is CC.Cc1noc2c(C)c3ccccc3cc12. The predicted molar refractivity (Wildman–Crippen MR) is 72.3 cm³/mol. The van der Waals surface area contributed by atoms with Crippen LogP contribution in [0.15, 0.2) is 34.9 Å². The molecule has 3 aromatic rings. The van der Waals surface area contributed by atoms with Gasteiger partial charge in [0, 0.05) is 10.9 Å². The molecule has 0 aliphatic carbocycles. The molecule has 0 saturated heterocycles. The van der Waals surface area contributed by atoms with Gasteiger partial charge < -0.3 is 4.52 Å². The summed E-state index contributed by atoms with van der Waals surface area (Å²) >= 11 is 0. The van der Waals surface area contributed by atoms with Gasteiger partial charge in [-0.1, -0.05) is 43.3 Å². The molecular weight excluding hydrogens is 210 g/mol. The molecule has 0 bridgehead atoms. The number of nitrogens with zero attached hydrogens (tertiary/aromatic N) is 1. The first-order valence-electron chi connectivity index (χ1n) is 6.02. The molecular formula is C15H17NO. The minimum atomic E-state index is 0.909. The molecule has 0 aliphatic rings. The Morgan fingerprint density at radius 3 is 2.47 bits per heavy atom. The van der Waals surface area contributed by atoms with E-state index in [1.54, 1.807) is 0 Å². The number of aromatic nitrogens is 1. The quantitative estimate of drug-likeness (QED) is 0.560. The summed E-state index contributed by atoms with van der Waals surface area (Å²) in [6.07, 6.45) is 0. The maximum absolute atomic E-state index is 5.34. The molecule has 2 nitrogen and oxygen atoms in total. The Kier molecular flexibility index (Phi) is 3.14. The van der Waals surface area contributed by atoms with Crippen LogP contribution >= 0.6 is 0 Å². The molecule has 2 heteroatoms. The molecule has 0 amide bonds. The van der Waals surface area contributed by atoms with Gasteiger partial charge in [-0.3, -0.25) is 0 Å². The minimum absolute atomic E-state index is 0.909. The number of aryl methyl sites for hydroxylation is 2.